The van der Waals surface area contributed by atoms with Crippen LogP contribution in [0.5, 0.6) is 0 Å². The van der Waals surface area contributed by atoms with E-state index in [0.29, 0.717) is 18.8 Å². The van der Waals surface area contributed by atoms with Crippen LogP contribution in [0.25, 0.3) is 0 Å². The molecule has 1 aromatic rings. The average Bonchev–Trinajstić information content (AvgIpc) is 2.57. The molecule has 1 unspecified atom stereocenters. The van der Waals surface area contributed by atoms with Gasteiger partial charge >= 0.3 is 6.03 Å². The Morgan fingerprint density at radius 1 is 1.47 bits per heavy atom. The average molecular weight is 263 g/mol. The van der Waals surface area contributed by atoms with E-state index in [1.54, 1.807) is 18.2 Å². The summed E-state index contributed by atoms with van der Waals surface area (Å²) in [6.07, 6.45) is -0.124. The lowest BCUT2D eigenvalue weighted by Gasteiger charge is -2.19. The minimum Gasteiger partial charge on any atom is -0.379 e. The van der Waals surface area contributed by atoms with E-state index in [1.165, 1.54) is 7.11 Å². The van der Waals surface area contributed by atoms with Crippen LogP contribution in [-0.4, -0.2) is 31.7 Å². The first kappa shape index (κ1) is 13.5. The number of rotatable bonds is 3. The van der Waals surface area contributed by atoms with Gasteiger partial charge in [0.1, 0.15) is 0 Å². The molecule has 6 nitrogen and oxygen atoms in total. The van der Waals surface area contributed by atoms with Crippen LogP contribution in [0.3, 0.4) is 0 Å². The number of nitrogens with zero attached hydrogens (tertiary/aromatic N) is 1. The van der Waals surface area contributed by atoms with E-state index in [4.69, 9.17) is 10.5 Å². The van der Waals surface area contributed by atoms with Crippen LogP contribution in [0.2, 0.25) is 0 Å². The number of hydrogen-bond donors (Lipinski definition) is 2. The molecule has 1 aliphatic heterocycles. The fourth-order valence-electron chi connectivity index (χ4n) is 2.00. The van der Waals surface area contributed by atoms with Crippen molar-refractivity contribution in [3.63, 3.8) is 0 Å². The van der Waals surface area contributed by atoms with Crippen LogP contribution in [0.1, 0.15) is 12.0 Å². The Hall–Kier alpha value is -1.92. The van der Waals surface area contributed by atoms with Crippen molar-refractivity contribution in [2.75, 3.05) is 18.6 Å². The van der Waals surface area contributed by atoms with Crippen LogP contribution in [0, 0.1) is 0 Å². The van der Waals surface area contributed by atoms with Gasteiger partial charge in [-0.3, -0.25) is 4.79 Å². The largest absolute Gasteiger partial charge is 0.379 e. The van der Waals surface area contributed by atoms with Crippen molar-refractivity contribution >= 4 is 17.6 Å². The second-order valence-corrected chi connectivity index (χ2v) is 4.35. The molecule has 0 aliphatic carbocycles. The van der Waals surface area contributed by atoms with Crippen molar-refractivity contribution in [1.29, 1.82) is 0 Å². The SMILES string of the molecule is COC1CNC(=O)N(c2cccc(CN)c2)C(=O)C1. The molecular formula is C13H17N3O3. The predicted octanol–water partition coefficient (Wildman–Crippen LogP) is 0.607. The van der Waals surface area contributed by atoms with Crippen molar-refractivity contribution in [2.45, 2.75) is 19.1 Å². The molecule has 0 spiro atoms. The second-order valence-electron chi connectivity index (χ2n) is 4.35. The fraction of sp³-hybridized carbons (Fsp3) is 0.385. The van der Waals surface area contributed by atoms with E-state index in [1.807, 2.05) is 6.07 Å². The van der Waals surface area contributed by atoms with Gasteiger partial charge in [-0.2, -0.15) is 0 Å². The lowest BCUT2D eigenvalue weighted by Crippen LogP contribution is -2.41. The van der Waals surface area contributed by atoms with Crippen molar-refractivity contribution in [3.8, 4) is 0 Å². The molecule has 0 aromatic heterocycles. The molecule has 1 saturated heterocycles. The Kier molecular flexibility index (Phi) is 4.13. The molecule has 6 heteroatoms. The maximum absolute atomic E-state index is 12.1. The Labute approximate surface area is 111 Å². The third kappa shape index (κ3) is 2.91. The minimum absolute atomic E-state index is 0.169. The number of carbonyl (C=O) groups is 2. The van der Waals surface area contributed by atoms with E-state index in [0.717, 1.165) is 10.5 Å². The zero-order valence-corrected chi connectivity index (χ0v) is 10.8. The number of nitrogens with two attached hydrogens (primary N) is 1. The van der Waals surface area contributed by atoms with Gasteiger partial charge in [0.25, 0.3) is 0 Å². The number of nitrogens with one attached hydrogen (secondary N) is 1. The third-order valence-electron chi connectivity index (χ3n) is 3.07. The van der Waals surface area contributed by atoms with Crippen molar-refractivity contribution < 1.29 is 14.3 Å². The summed E-state index contributed by atoms with van der Waals surface area (Å²) in [7, 11) is 1.52. The smallest absolute Gasteiger partial charge is 0.328 e. The summed E-state index contributed by atoms with van der Waals surface area (Å²) in [5.41, 5.74) is 6.96. The summed E-state index contributed by atoms with van der Waals surface area (Å²) in [6.45, 7) is 0.687. The van der Waals surface area contributed by atoms with Crippen LogP contribution in [-0.2, 0) is 16.1 Å². The van der Waals surface area contributed by atoms with Crippen LogP contribution in [0.4, 0.5) is 10.5 Å². The summed E-state index contributed by atoms with van der Waals surface area (Å²) in [5, 5.41) is 2.67. The van der Waals surface area contributed by atoms with E-state index < -0.39 is 6.03 Å². The standard InChI is InChI=1S/C13H17N3O3/c1-19-11-6-12(17)16(13(18)15-8-11)10-4-2-3-9(5-10)7-14/h2-5,11H,6-8,14H2,1H3,(H,15,18). The summed E-state index contributed by atoms with van der Waals surface area (Å²) in [4.78, 5) is 25.3. The highest BCUT2D eigenvalue weighted by atomic mass is 16.5. The molecule has 1 aliphatic rings. The zero-order chi connectivity index (χ0) is 13.8. The van der Waals surface area contributed by atoms with Gasteiger partial charge in [-0.25, -0.2) is 9.69 Å². The summed E-state index contributed by atoms with van der Waals surface area (Å²) in [6, 6.07) is 6.64. The van der Waals surface area contributed by atoms with Gasteiger partial charge in [-0.15, -0.1) is 0 Å². The van der Waals surface area contributed by atoms with E-state index in [-0.39, 0.29) is 18.4 Å². The second kappa shape index (κ2) is 5.81. The van der Waals surface area contributed by atoms with Crippen molar-refractivity contribution in [2.24, 2.45) is 5.73 Å². The number of imide groups is 1. The molecule has 102 valence electrons. The Morgan fingerprint density at radius 2 is 2.26 bits per heavy atom. The monoisotopic (exact) mass is 263 g/mol. The minimum atomic E-state index is -0.432. The molecule has 0 bridgehead atoms. The van der Waals surface area contributed by atoms with Gasteiger partial charge in [0, 0.05) is 20.2 Å². The first-order valence-electron chi connectivity index (χ1n) is 6.08. The number of carbonyl (C=O) groups excluding carboxylic acids is 2. The molecule has 1 atom stereocenters. The number of benzene rings is 1. The van der Waals surface area contributed by atoms with Gasteiger partial charge < -0.3 is 15.8 Å². The number of urea groups is 1. The van der Waals surface area contributed by atoms with Crippen molar-refractivity contribution in [1.82, 2.24) is 5.32 Å². The number of ether oxygens (including phenoxy) is 1. The molecule has 19 heavy (non-hydrogen) atoms. The maximum atomic E-state index is 12.1. The highest BCUT2D eigenvalue weighted by Crippen LogP contribution is 2.19. The zero-order valence-electron chi connectivity index (χ0n) is 10.8. The Bertz CT molecular complexity index is 490. The molecule has 0 saturated carbocycles. The van der Waals surface area contributed by atoms with Gasteiger partial charge in [0.05, 0.1) is 18.2 Å². The molecule has 3 N–H and O–H groups in total. The van der Waals surface area contributed by atoms with Crippen LogP contribution >= 0.6 is 0 Å². The molecule has 3 amide bonds. The maximum Gasteiger partial charge on any atom is 0.328 e. The lowest BCUT2D eigenvalue weighted by molar-refractivity contribution is -0.119. The van der Waals surface area contributed by atoms with Crippen molar-refractivity contribution in [3.05, 3.63) is 29.8 Å². The first-order valence-corrected chi connectivity index (χ1v) is 6.08. The molecule has 1 fully saturated rings. The summed E-state index contributed by atoms with van der Waals surface area (Å²) >= 11 is 0. The Balaban J connectivity index is 2.30. The van der Waals surface area contributed by atoms with E-state index in [9.17, 15) is 9.59 Å². The fourth-order valence-corrected chi connectivity index (χ4v) is 2.00. The molecule has 1 aromatic carbocycles. The Morgan fingerprint density at radius 3 is 2.95 bits per heavy atom. The van der Waals surface area contributed by atoms with Gasteiger partial charge in [-0.05, 0) is 17.7 Å². The first-order chi connectivity index (χ1) is 9.15. The summed E-state index contributed by atoms with van der Waals surface area (Å²) in [5.74, 6) is -0.281. The van der Waals surface area contributed by atoms with E-state index >= 15 is 0 Å². The predicted molar refractivity (Wildman–Crippen MR) is 70.6 cm³/mol. The number of hydrogen-bond acceptors (Lipinski definition) is 4. The topological polar surface area (TPSA) is 84.7 Å². The quantitative estimate of drug-likeness (QED) is 0.836. The van der Waals surface area contributed by atoms with Gasteiger partial charge in [-0.1, -0.05) is 12.1 Å². The molecule has 1 heterocycles. The third-order valence-corrected chi connectivity index (χ3v) is 3.07. The number of amides is 3. The van der Waals surface area contributed by atoms with Crippen LogP contribution in [0.15, 0.2) is 24.3 Å². The highest BCUT2D eigenvalue weighted by molar-refractivity contribution is 6.14. The van der Waals surface area contributed by atoms with Gasteiger partial charge in [0.2, 0.25) is 5.91 Å². The molecular weight excluding hydrogens is 246 g/mol. The van der Waals surface area contributed by atoms with Gasteiger partial charge in [0.15, 0.2) is 0 Å². The molecule has 0 radical (unpaired) electrons. The number of methoxy groups -OCH3 is 1. The normalized spacial score (nSPS) is 20.1. The van der Waals surface area contributed by atoms with Crippen LogP contribution < -0.4 is 16.0 Å². The lowest BCUT2D eigenvalue weighted by atomic mass is 10.1. The molecule has 2 rings (SSSR count). The number of anilines is 1. The highest BCUT2D eigenvalue weighted by Gasteiger charge is 2.30. The van der Waals surface area contributed by atoms with E-state index in [2.05, 4.69) is 5.32 Å². The summed E-state index contributed by atoms with van der Waals surface area (Å²) < 4.78 is 5.14.